The average Bonchev–Trinajstić information content (AvgIpc) is 2.37. The average molecular weight is 256 g/mol. The second-order valence-electron chi connectivity index (χ2n) is 4.01. The minimum atomic E-state index is -0.418. The van der Waals surface area contributed by atoms with Crippen LogP contribution in [0.3, 0.4) is 0 Å². The van der Waals surface area contributed by atoms with Crippen LogP contribution in [0.1, 0.15) is 23.3 Å². The largest absolute Gasteiger partial charge is 0.461 e. The molecule has 0 aliphatic carbocycles. The second-order valence-corrected chi connectivity index (χ2v) is 4.45. The van der Waals surface area contributed by atoms with Crippen LogP contribution in [0.2, 0.25) is 5.02 Å². The van der Waals surface area contributed by atoms with Gasteiger partial charge in [-0.25, -0.2) is 9.78 Å². The Bertz CT molecular complexity index is 391. The van der Waals surface area contributed by atoms with Crippen LogP contribution < -0.4 is 0 Å². The topological polar surface area (TPSA) is 48.4 Å². The van der Waals surface area contributed by atoms with Crippen molar-refractivity contribution < 1.29 is 14.3 Å². The van der Waals surface area contributed by atoms with Gasteiger partial charge in [-0.3, -0.25) is 0 Å². The van der Waals surface area contributed by atoms with E-state index in [9.17, 15) is 4.79 Å². The van der Waals surface area contributed by atoms with E-state index in [1.165, 1.54) is 12.3 Å². The van der Waals surface area contributed by atoms with Gasteiger partial charge in [-0.1, -0.05) is 11.6 Å². The summed E-state index contributed by atoms with van der Waals surface area (Å²) in [5.41, 5.74) is 0.254. The van der Waals surface area contributed by atoms with Crippen molar-refractivity contribution in [3.8, 4) is 0 Å². The first-order chi connectivity index (χ1) is 8.25. The van der Waals surface area contributed by atoms with E-state index in [1.807, 2.05) is 0 Å². The third-order valence-electron chi connectivity index (χ3n) is 2.72. The molecule has 0 N–H and O–H groups in total. The van der Waals surface area contributed by atoms with Crippen LogP contribution in [0, 0.1) is 5.92 Å². The van der Waals surface area contributed by atoms with E-state index in [-0.39, 0.29) is 5.69 Å². The van der Waals surface area contributed by atoms with Gasteiger partial charge in [-0.2, -0.15) is 0 Å². The number of halogens is 1. The lowest BCUT2D eigenvalue weighted by Crippen LogP contribution is -2.22. The zero-order valence-electron chi connectivity index (χ0n) is 9.39. The predicted octanol–water partition coefficient (Wildman–Crippen LogP) is 2.32. The third-order valence-corrected chi connectivity index (χ3v) is 2.96. The molecule has 0 atom stereocenters. The number of ether oxygens (including phenoxy) is 2. The highest BCUT2D eigenvalue weighted by atomic mass is 35.5. The summed E-state index contributed by atoms with van der Waals surface area (Å²) in [6.45, 7) is 1.92. The summed E-state index contributed by atoms with van der Waals surface area (Å²) in [6.07, 6.45) is 3.37. The van der Waals surface area contributed by atoms with Gasteiger partial charge in [0.25, 0.3) is 0 Å². The van der Waals surface area contributed by atoms with Gasteiger partial charge in [0.1, 0.15) is 5.69 Å². The Labute approximate surface area is 105 Å². The number of aromatic nitrogens is 1. The van der Waals surface area contributed by atoms with Crippen LogP contribution in [0.15, 0.2) is 18.3 Å². The van der Waals surface area contributed by atoms with Crippen molar-refractivity contribution >= 4 is 17.6 Å². The molecule has 1 aliphatic rings. The van der Waals surface area contributed by atoms with E-state index in [1.54, 1.807) is 6.07 Å². The van der Waals surface area contributed by atoms with Crippen LogP contribution in [0.5, 0.6) is 0 Å². The van der Waals surface area contributed by atoms with Gasteiger partial charge in [0.2, 0.25) is 0 Å². The number of esters is 1. The summed E-state index contributed by atoms with van der Waals surface area (Å²) in [6, 6.07) is 3.13. The van der Waals surface area contributed by atoms with Crippen molar-refractivity contribution in [1.82, 2.24) is 4.98 Å². The van der Waals surface area contributed by atoms with Gasteiger partial charge in [-0.05, 0) is 30.9 Å². The lowest BCUT2D eigenvalue weighted by molar-refractivity contribution is 0.0181. The standard InChI is InChI=1S/C12H14ClNO3/c13-10-1-4-14-11(7-10)12(15)17-8-9-2-5-16-6-3-9/h1,4,7,9H,2-3,5-6,8H2. The highest BCUT2D eigenvalue weighted by molar-refractivity contribution is 6.30. The van der Waals surface area contributed by atoms with Gasteiger partial charge >= 0.3 is 5.97 Å². The highest BCUT2D eigenvalue weighted by Gasteiger charge is 2.17. The predicted molar refractivity (Wildman–Crippen MR) is 63.1 cm³/mol. The van der Waals surface area contributed by atoms with Crippen LogP contribution in [0.25, 0.3) is 0 Å². The van der Waals surface area contributed by atoms with E-state index in [0.29, 0.717) is 17.5 Å². The van der Waals surface area contributed by atoms with Crippen molar-refractivity contribution in [3.05, 3.63) is 29.0 Å². The molecule has 0 unspecified atom stereocenters. The van der Waals surface area contributed by atoms with Crippen LogP contribution >= 0.6 is 11.6 Å². The molecular weight excluding hydrogens is 242 g/mol. The summed E-state index contributed by atoms with van der Waals surface area (Å²) in [4.78, 5) is 15.6. The first-order valence-electron chi connectivity index (χ1n) is 5.62. The number of carbonyl (C=O) groups excluding carboxylic acids is 1. The first-order valence-corrected chi connectivity index (χ1v) is 6.00. The normalized spacial score (nSPS) is 16.8. The molecule has 1 aromatic heterocycles. The maximum Gasteiger partial charge on any atom is 0.356 e. The fourth-order valence-corrected chi connectivity index (χ4v) is 1.86. The third kappa shape index (κ3) is 3.68. The van der Waals surface area contributed by atoms with Crippen LogP contribution in [-0.4, -0.2) is 30.8 Å². The maximum atomic E-state index is 11.7. The molecule has 0 aromatic carbocycles. The minimum absolute atomic E-state index is 0.254. The molecule has 4 nitrogen and oxygen atoms in total. The maximum absolute atomic E-state index is 11.7. The Kier molecular flexibility index (Phi) is 4.34. The first kappa shape index (κ1) is 12.3. The summed E-state index contributed by atoms with van der Waals surface area (Å²) in [7, 11) is 0. The summed E-state index contributed by atoms with van der Waals surface area (Å²) < 4.78 is 10.4. The van der Waals surface area contributed by atoms with E-state index >= 15 is 0 Å². The number of nitrogens with zero attached hydrogens (tertiary/aromatic N) is 1. The number of rotatable bonds is 3. The van der Waals surface area contributed by atoms with Crippen molar-refractivity contribution in [1.29, 1.82) is 0 Å². The molecule has 2 heterocycles. The van der Waals surface area contributed by atoms with E-state index in [0.717, 1.165) is 26.1 Å². The molecule has 1 saturated heterocycles. The molecule has 0 amide bonds. The fraction of sp³-hybridized carbons (Fsp3) is 0.500. The molecule has 1 aromatic rings. The van der Waals surface area contributed by atoms with Gasteiger partial charge < -0.3 is 9.47 Å². The van der Waals surface area contributed by atoms with Crippen LogP contribution in [0.4, 0.5) is 0 Å². The molecule has 0 spiro atoms. The molecule has 92 valence electrons. The molecular formula is C12H14ClNO3. The molecule has 1 fully saturated rings. The van der Waals surface area contributed by atoms with Gasteiger partial charge in [0, 0.05) is 24.4 Å². The van der Waals surface area contributed by atoms with Crippen LogP contribution in [-0.2, 0) is 9.47 Å². The van der Waals surface area contributed by atoms with Crippen molar-refractivity contribution in [2.75, 3.05) is 19.8 Å². The van der Waals surface area contributed by atoms with Gasteiger partial charge in [0.15, 0.2) is 0 Å². The number of hydrogen-bond acceptors (Lipinski definition) is 4. The van der Waals surface area contributed by atoms with Crippen molar-refractivity contribution in [2.45, 2.75) is 12.8 Å². The van der Waals surface area contributed by atoms with Crippen molar-refractivity contribution in [3.63, 3.8) is 0 Å². The monoisotopic (exact) mass is 255 g/mol. The van der Waals surface area contributed by atoms with Gasteiger partial charge in [0.05, 0.1) is 6.61 Å². The zero-order valence-corrected chi connectivity index (χ0v) is 10.2. The number of hydrogen-bond donors (Lipinski definition) is 0. The minimum Gasteiger partial charge on any atom is -0.461 e. The Morgan fingerprint density at radius 1 is 1.53 bits per heavy atom. The van der Waals surface area contributed by atoms with E-state index in [4.69, 9.17) is 21.1 Å². The summed E-state index contributed by atoms with van der Waals surface area (Å²) in [5.74, 6) is -0.0223. The van der Waals surface area contributed by atoms with E-state index in [2.05, 4.69) is 4.98 Å². The molecule has 1 aliphatic heterocycles. The number of pyridine rings is 1. The zero-order chi connectivity index (χ0) is 12.1. The van der Waals surface area contributed by atoms with Crippen molar-refractivity contribution in [2.24, 2.45) is 5.92 Å². The highest BCUT2D eigenvalue weighted by Crippen LogP contribution is 2.16. The molecule has 5 heteroatoms. The molecule has 2 rings (SSSR count). The molecule has 0 radical (unpaired) electrons. The molecule has 0 saturated carbocycles. The van der Waals surface area contributed by atoms with E-state index < -0.39 is 5.97 Å². The molecule has 0 bridgehead atoms. The summed E-state index contributed by atoms with van der Waals surface area (Å²) in [5, 5.41) is 0.484. The molecule has 17 heavy (non-hydrogen) atoms. The Morgan fingerprint density at radius 2 is 2.29 bits per heavy atom. The Morgan fingerprint density at radius 3 is 3.00 bits per heavy atom. The quantitative estimate of drug-likeness (QED) is 0.778. The Hall–Kier alpha value is -1.13. The smallest absolute Gasteiger partial charge is 0.356 e. The summed E-state index contributed by atoms with van der Waals surface area (Å²) >= 11 is 5.77. The Balaban J connectivity index is 1.84. The second kappa shape index (κ2) is 5.98. The lowest BCUT2D eigenvalue weighted by Gasteiger charge is -2.21. The SMILES string of the molecule is O=C(OCC1CCOCC1)c1cc(Cl)ccn1. The fourth-order valence-electron chi connectivity index (χ4n) is 1.70. The van der Waals surface area contributed by atoms with Gasteiger partial charge in [-0.15, -0.1) is 0 Å². The number of carbonyl (C=O) groups is 1. The lowest BCUT2D eigenvalue weighted by atomic mass is 10.0.